The van der Waals surface area contributed by atoms with Crippen LogP contribution in [0.15, 0.2) is 48.5 Å². The van der Waals surface area contributed by atoms with E-state index in [0.29, 0.717) is 0 Å². The lowest BCUT2D eigenvalue weighted by atomic mass is 10.2. The second kappa shape index (κ2) is 13.8. The molecule has 2 rings (SSSR count). The highest BCUT2D eigenvalue weighted by atomic mass is 127. The van der Waals surface area contributed by atoms with Gasteiger partial charge in [0.15, 0.2) is 0 Å². The largest absolute Gasteiger partial charge is 0.392 e. The van der Waals surface area contributed by atoms with Crippen LogP contribution in [0.4, 0.5) is 0 Å². The van der Waals surface area contributed by atoms with Crippen LogP contribution in [-0.4, -0.2) is 16.7 Å². The first-order valence-corrected chi connectivity index (χ1v) is 8.98. The summed E-state index contributed by atoms with van der Waals surface area (Å²) in [6.07, 6.45) is 0.843. The molecule has 0 saturated carbocycles. The molecular formula is C15H14Cl2I2O2. The molecule has 0 spiro atoms. The van der Waals surface area contributed by atoms with Crippen molar-refractivity contribution in [3.63, 3.8) is 0 Å². The Morgan fingerprint density at radius 1 is 0.905 bits per heavy atom. The zero-order valence-corrected chi connectivity index (χ0v) is 16.8. The van der Waals surface area contributed by atoms with Crippen LogP contribution >= 0.6 is 68.4 Å². The second-order valence-electron chi connectivity index (χ2n) is 3.55. The first kappa shape index (κ1) is 21.1. The summed E-state index contributed by atoms with van der Waals surface area (Å²) in [4.78, 5) is 10.1. The van der Waals surface area contributed by atoms with Crippen molar-refractivity contribution in [1.82, 2.24) is 0 Å². The van der Waals surface area contributed by atoms with Crippen LogP contribution in [0, 0.1) is 7.14 Å². The van der Waals surface area contributed by atoms with E-state index in [9.17, 15) is 4.79 Å². The van der Waals surface area contributed by atoms with Crippen LogP contribution in [0.25, 0.3) is 0 Å². The minimum absolute atomic E-state index is 0.136. The van der Waals surface area contributed by atoms with E-state index in [0.717, 1.165) is 21.0 Å². The van der Waals surface area contributed by atoms with Gasteiger partial charge in [-0.15, -0.1) is 23.2 Å². The number of carbonyl (C=O) groups is 1. The highest BCUT2D eigenvalue weighted by Crippen LogP contribution is 2.06. The zero-order valence-electron chi connectivity index (χ0n) is 11.0. The molecule has 0 aliphatic heterocycles. The molecule has 0 aliphatic rings. The second-order valence-corrected chi connectivity index (χ2v) is 6.85. The lowest BCUT2D eigenvalue weighted by molar-refractivity contribution is 0.112. The van der Waals surface area contributed by atoms with Crippen molar-refractivity contribution in [1.29, 1.82) is 0 Å². The highest BCUT2D eigenvalue weighted by molar-refractivity contribution is 14.1. The molecule has 0 aromatic heterocycles. The van der Waals surface area contributed by atoms with Crippen molar-refractivity contribution in [2.75, 3.05) is 5.34 Å². The molecule has 2 nitrogen and oxygen atoms in total. The Labute approximate surface area is 162 Å². The molecule has 114 valence electrons. The summed E-state index contributed by atoms with van der Waals surface area (Å²) in [6.45, 7) is 0.136. The Kier molecular flexibility index (Phi) is 13.8. The minimum atomic E-state index is 0.136. The van der Waals surface area contributed by atoms with Gasteiger partial charge in [0.05, 0.1) is 11.9 Å². The number of hydrogen-bond donors (Lipinski definition) is 1. The van der Waals surface area contributed by atoms with Gasteiger partial charge in [-0.1, -0.05) is 24.3 Å². The Morgan fingerprint density at radius 3 is 1.62 bits per heavy atom. The Balaban J connectivity index is 0.000000322. The number of halogens is 4. The van der Waals surface area contributed by atoms with Gasteiger partial charge in [-0.25, -0.2) is 0 Å². The molecule has 0 bridgehead atoms. The summed E-state index contributed by atoms with van der Waals surface area (Å²) < 4.78 is 2.35. The third-order valence-corrected chi connectivity index (χ3v) is 3.54. The quantitative estimate of drug-likeness (QED) is 0.313. The molecule has 2 aromatic rings. The van der Waals surface area contributed by atoms with Gasteiger partial charge in [0.1, 0.15) is 6.29 Å². The van der Waals surface area contributed by atoms with Crippen LogP contribution in [0.1, 0.15) is 15.9 Å². The molecule has 0 unspecified atom stereocenters. The monoisotopic (exact) mass is 550 g/mol. The van der Waals surface area contributed by atoms with Crippen molar-refractivity contribution < 1.29 is 9.90 Å². The van der Waals surface area contributed by atoms with E-state index in [-0.39, 0.29) is 11.9 Å². The molecule has 0 heterocycles. The Morgan fingerprint density at radius 2 is 1.29 bits per heavy atom. The maximum Gasteiger partial charge on any atom is 0.150 e. The third kappa shape index (κ3) is 11.3. The SMILES string of the molecule is ClCCl.O=Cc1ccc(I)cc1.OCc1ccc(I)cc1. The van der Waals surface area contributed by atoms with Crippen molar-refractivity contribution in [2.24, 2.45) is 0 Å². The van der Waals surface area contributed by atoms with E-state index in [4.69, 9.17) is 28.3 Å². The van der Waals surface area contributed by atoms with Crippen LogP contribution in [0.3, 0.4) is 0 Å². The van der Waals surface area contributed by atoms with E-state index in [1.807, 2.05) is 36.4 Å². The summed E-state index contributed by atoms with van der Waals surface area (Å²) in [6, 6.07) is 15.2. The molecule has 0 radical (unpaired) electrons. The fourth-order valence-electron chi connectivity index (χ4n) is 1.13. The number of benzene rings is 2. The topological polar surface area (TPSA) is 37.3 Å². The van der Waals surface area contributed by atoms with Crippen LogP contribution in [0.2, 0.25) is 0 Å². The van der Waals surface area contributed by atoms with Gasteiger partial charge in [0.25, 0.3) is 0 Å². The van der Waals surface area contributed by atoms with E-state index in [1.54, 1.807) is 12.1 Å². The lowest BCUT2D eigenvalue weighted by Gasteiger charge is -1.92. The molecule has 0 saturated heterocycles. The number of hydrogen-bond acceptors (Lipinski definition) is 2. The maximum absolute atomic E-state index is 10.1. The first-order valence-electron chi connectivity index (χ1n) is 5.75. The number of aliphatic hydroxyl groups is 1. The number of rotatable bonds is 2. The van der Waals surface area contributed by atoms with Gasteiger partial charge in [-0.05, 0) is 75.0 Å². The molecule has 21 heavy (non-hydrogen) atoms. The van der Waals surface area contributed by atoms with Gasteiger partial charge in [0.2, 0.25) is 0 Å². The number of aldehydes is 1. The van der Waals surface area contributed by atoms with Crippen LogP contribution < -0.4 is 0 Å². The lowest BCUT2D eigenvalue weighted by Crippen LogP contribution is -1.80. The average molecular weight is 551 g/mol. The van der Waals surface area contributed by atoms with Crippen molar-refractivity contribution in [3.8, 4) is 0 Å². The Hall–Kier alpha value is 0.110. The number of aliphatic hydroxyl groups excluding tert-OH is 1. The van der Waals surface area contributed by atoms with E-state index in [2.05, 4.69) is 45.2 Å². The van der Waals surface area contributed by atoms with Gasteiger partial charge < -0.3 is 5.11 Å². The number of alkyl halides is 2. The van der Waals surface area contributed by atoms with Gasteiger partial charge in [-0.2, -0.15) is 0 Å². The van der Waals surface area contributed by atoms with E-state index < -0.39 is 0 Å². The van der Waals surface area contributed by atoms with E-state index in [1.165, 1.54) is 3.57 Å². The Bertz CT molecular complexity index is 502. The summed E-state index contributed by atoms with van der Waals surface area (Å²) in [5, 5.41) is 8.82. The van der Waals surface area contributed by atoms with Crippen molar-refractivity contribution in [3.05, 3.63) is 66.8 Å². The zero-order chi connectivity index (χ0) is 16.1. The first-order chi connectivity index (χ1) is 10.1. The smallest absolute Gasteiger partial charge is 0.150 e. The van der Waals surface area contributed by atoms with E-state index >= 15 is 0 Å². The summed E-state index contributed by atoms with van der Waals surface area (Å²) in [5.74, 6) is 0. The van der Waals surface area contributed by atoms with Gasteiger partial charge in [0, 0.05) is 12.7 Å². The summed E-state index contributed by atoms with van der Waals surface area (Å²) >= 11 is 14.0. The van der Waals surface area contributed by atoms with Crippen molar-refractivity contribution >= 4 is 74.7 Å². The summed E-state index contributed by atoms with van der Waals surface area (Å²) in [7, 11) is 0. The molecule has 0 atom stereocenters. The molecule has 0 aliphatic carbocycles. The molecule has 2 aromatic carbocycles. The molecule has 0 amide bonds. The molecule has 0 fully saturated rings. The predicted molar refractivity (Wildman–Crippen MR) is 106 cm³/mol. The summed E-state index contributed by atoms with van der Waals surface area (Å²) in [5.41, 5.74) is 1.70. The van der Waals surface area contributed by atoms with Gasteiger partial charge in [-0.3, -0.25) is 4.79 Å². The molecule has 1 N–H and O–H groups in total. The van der Waals surface area contributed by atoms with Crippen molar-refractivity contribution in [2.45, 2.75) is 6.61 Å². The molecular weight excluding hydrogens is 537 g/mol. The van der Waals surface area contributed by atoms with Crippen LogP contribution in [-0.2, 0) is 6.61 Å². The molecule has 6 heteroatoms. The average Bonchev–Trinajstić information content (AvgIpc) is 2.50. The normalized spacial score (nSPS) is 8.81. The minimum Gasteiger partial charge on any atom is -0.392 e. The van der Waals surface area contributed by atoms with Crippen LogP contribution in [0.5, 0.6) is 0 Å². The standard InChI is InChI=1S/C7H7IO.C7H5IO.CH2Cl2/c2*8-7-3-1-6(5-9)2-4-7;2-1-3/h1-4,9H,5H2;1-5H;1H2. The fourth-order valence-corrected chi connectivity index (χ4v) is 1.85. The predicted octanol–water partition coefficient (Wildman–Crippen LogP) is 5.31. The third-order valence-electron chi connectivity index (χ3n) is 2.10. The fraction of sp³-hybridized carbons (Fsp3) is 0.133. The van der Waals surface area contributed by atoms with Gasteiger partial charge >= 0.3 is 0 Å². The highest BCUT2D eigenvalue weighted by Gasteiger charge is 1.87. The number of carbonyl (C=O) groups excluding carboxylic acids is 1. The maximum atomic E-state index is 10.1.